The number of esters is 2. The van der Waals surface area contributed by atoms with Gasteiger partial charge in [-0.2, -0.15) is 0 Å². The molecule has 0 aliphatic carbocycles. The molecule has 1 atom stereocenters. The van der Waals surface area contributed by atoms with Gasteiger partial charge >= 0.3 is 11.9 Å². The smallest absolute Gasteiger partial charge is 0.306 e. The summed E-state index contributed by atoms with van der Waals surface area (Å²) < 4.78 is 17.3. The molecule has 56 heavy (non-hydrogen) atoms. The van der Waals surface area contributed by atoms with Gasteiger partial charge in [-0.15, -0.1) is 0 Å². The fourth-order valence-electron chi connectivity index (χ4n) is 6.80. The van der Waals surface area contributed by atoms with Gasteiger partial charge in [0.2, 0.25) is 0 Å². The van der Waals surface area contributed by atoms with Gasteiger partial charge in [0.15, 0.2) is 6.10 Å². The van der Waals surface area contributed by atoms with Crippen LogP contribution < -0.4 is 0 Å². The zero-order chi connectivity index (χ0) is 40.7. The monoisotopic (exact) mass is 785 g/mol. The maximum atomic E-state index is 12.7. The van der Waals surface area contributed by atoms with E-state index < -0.39 is 6.10 Å². The van der Waals surface area contributed by atoms with Crippen molar-refractivity contribution in [2.75, 3.05) is 19.8 Å². The molecule has 0 fully saturated rings. The van der Waals surface area contributed by atoms with Crippen molar-refractivity contribution < 1.29 is 23.8 Å². The van der Waals surface area contributed by atoms with Crippen molar-refractivity contribution >= 4 is 11.9 Å². The van der Waals surface area contributed by atoms with Crippen molar-refractivity contribution in [3.05, 3.63) is 48.6 Å². The number of hydrogen-bond donors (Lipinski definition) is 0. The van der Waals surface area contributed by atoms with Gasteiger partial charge in [-0.25, -0.2) is 0 Å². The van der Waals surface area contributed by atoms with Crippen molar-refractivity contribution in [2.45, 2.75) is 245 Å². The minimum Gasteiger partial charge on any atom is -0.462 e. The van der Waals surface area contributed by atoms with Crippen molar-refractivity contribution in [1.82, 2.24) is 0 Å². The molecule has 0 amide bonds. The lowest BCUT2D eigenvalue weighted by Crippen LogP contribution is -2.30. The SMILES string of the molecule is CC/C=C\C/C=C\C/C=C\C/C=C\CCCCCCCOCC(COC(=O)CCCCCCCCCCCCCCC)OC(=O)CCCCCCCCCCC. The van der Waals surface area contributed by atoms with Crippen LogP contribution in [0.2, 0.25) is 0 Å². The Morgan fingerprint density at radius 2 is 0.804 bits per heavy atom. The molecule has 0 radical (unpaired) electrons. The molecule has 0 aromatic carbocycles. The first-order chi connectivity index (χ1) is 27.6. The van der Waals surface area contributed by atoms with E-state index >= 15 is 0 Å². The average Bonchev–Trinajstić information content (AvgIpc) is 3.20. The van der Waals surface area contributed by atoms with Crippen LogP contribution in [0.25, 0.3) is 0 Å². The summed E-state index contributed by atoms with van der Waals surface area (Å²) in [4.78, 5) is 25.2. The number of hydrogen-bond acceptors (Lipinski definition) is 5. The van der Waals surface area contributed by atoms with Crippen molar-refractivity contribution in [3.63, 3.8) is 0 Å². The van der Waals surface area contributed by atoms with E-state index in [4.69, 9.17) is 14.2 Å². The Kier molecular flexibility index (Phi) is 45.4. The van der Waals surface area contributed by atoms with Gasteiger partial charge in [0, 0.05) is 19.4 Å². The molecular formula is C51H92O5. The van der Waals surface area contributed by atoms with Gasteiger partial charge in [0.1, 0.15) is 6.61 Å². The van der Waals surface area contributed by atoms with Crippen LogP contribution in [-0.2, 0) is 23.8 Å². The Morgan fingerprint density at radius 1 is 0.411 bits per heavy atom. The first-order valence-corrected chi connectivity index (χ1v) is 24.2. The molecule has 0 aromatic rings. The molecule has 0 aliphatic heterocycles. The van der Waals surface area contributed by atoms with Gasteiger partial charge in [-0.05, 0) is 57.8 Å². The lowest BCUT2D eigenvalue weighted by molar-refractivity contribution is -0.163. The number of carbonyl (C=O) groups is 2. The average molecular weight is 785 g/mol. The van der Waals surface area contributed by atoms with Crippen molar-refractivity contribution in [3.8, 4) is 0 Å². The summed E-state index contributed by atoms with van der Waals surface area (Å²) in [6, 6.07) is 0. The van der Waals surface area contributed by atoms with Crippen LogP contribution in [0.5, 0.6) is 0 Å². The zero-order valence-corrected chi connectivity index (χ0v) is 37.4. The summed E-state index contributed by atoms with van der Waals surface area (Å²) in [5.74, 6) is -0.402. The summed E-state index contributed by atoms with van der Waals surface area (Å²) in [5, 5.41) is 0. The quantitative estimate of drug-likeness (QED) is 0.0350. The van der Waals surface area contributed by atoms with E-state index in [1.165, 1.54) is 135 Å². The third-order valence-corrected chi connectivity index (χ3v) is 10.4. The molecule has 0 heterocycles. The maximum Gasteiger partial charge on any atom is 0.306 e. The van der Waals surface area contributed by atoms with Crippen LogP contribution in [0.1, 0.15) is 239 Å². The van der Waals surface area contributed by atoms with Crippen LogP contribution in [-0.4, -0.2) is 37.9 Å². The van der Waals surface area contributed by atoms with Crippen molar-refractivity contribution in [1.29, 1.82) is 0 Å². The number of carbonyl (C=O) groups excluding carboxylic acids is 2. The highest BCUT2D eigenvalue weighted by Crippen LogP contribution is 2.15. The van der Waals surface area contributed by atoms with Crippen LogP contribution in [0.15, 0.2) is 48.6 Å². The molecule has 0 spiro atoms. The Bertz CT molecular complexity index is 935. The standard InChI is InChI=1S/C51H92O5/c1-4-7-10-13-16-19-21-23-24-25-26-27-29-31-34-37-40-43-46-54-47-49(56-51(53)45-42-39-36-32-18-15-12-9-6-3)48-55-50(52)44-41-38-35-33-30-28-22-20-17-14-11-8-5-2/h7,10,16,19,23-24,26-27,49H,4-6,8-9,11-15,17-18,20-22,25,28-48H2,1-3H3/b10-7-,19-16-,24-23-,27-26-. The van der Waals surface area contributed by atoms with Gasteiger partial charge < -0.3 is 14.2 Å². The van der Waals surface area contributed by atoms with E-state index in [-0.39, 0.29) is 25.2 Å². The molecule has 1 unspecified atom stereocenters. The molecule has 0 bridgehead atoms. The van der Waals surface area contributed by atoms with E-state index in [9.17, 15) is 9.59 Å². The molecule has 5 heteroatoms. The number of rotatable bonds is 44. The first-order valence-electron chi connectivity index (χ1n) is 24.2. The van der Waals surface area contributed by atoms with Crippen LogP contribution in [0, 0.1) is 0 Å². The normalized spacial score (nSPS) is 12.6. The van der Waals surface area contributed by atoms with Gasteiger partial charge in [-0.3, -0.25) is 9.59 Å². The van der Waals surface area contributed by atoms with Gasteiger partial charge in [-0.1, -0.05) is 217 Å². The van der Waals surface area contributed by atoms with E-state index in [2.05, 4.69) is 69.4 Å². The highest BCUT2D eigenvalue weighted by Gasteiger charge is 2.17. The predicted molar refractivity (Wildman–Crippen MR) is 242 cm³/mol. The Hall–Kier alpha value is -2.14. The minimum absolute atomic E-state index is 0.0814. The Balaban J connectivity index is 4.22. The molecule has 0 N–H and O–H groups in total. The molecular weight excluding hydrogens is 693 g/mol. The second kappa shape index (κ2) is 47.2. The third kappa shape index (κ3) is 44.6. The molecule has 0 saturated heterocycles. The van der Waals surface area contributed by atoms with Crippen LogP contribution >= 0.6 is 0 Å². The minimum atomic E-state index is -0.539. The molecule has 0 saturated carbocycles. The summed E-state index contributed by atoms with van der Waals surface area (Å²) in [7, 11) is 0. The van der Waals surface area contributed by atoms with Crippen molar-refractivity contribution in [2.24, 2.45) is 0 Å². The van der Waals surface area contributed by atoms with Crippen LogP contribution in [0.3, 0.4) is 0 Å². The summed E-state index contributed by atoms with van der Waals surface area (Å²) in [6.07, 6.45) is 56.8. The van der Waals surface area contributed by atoms with Crippen LogP contribution in [0.4, 0.5) is 0 Å². The third-order valence-electron chi connectivity index (χ3n) is 10.4. The zero-order valence-electron chi connectivity index (χ0n) is 37.4. The highest BCUT2D eigenvalue weighted by molar-refractivity contribution is 5.70. The number of unbranched alkanes of at least 4 members (excludes halogenated alkanes) is 25. The maximum absolute atomic E-state index is 12.7. The lowest BCUT2D eigenvalue weighted by Gasteiger charge is -2.18. The molecule has 0 rings (SSSR count). The predicted octanol–water partition coefficient (Wildman–Crippen LogP) is 16.0. The molecule has 5 nitrogen and oxygen atoms in total. The fourth-order valence-corrected chi connectivity index (χ4v) is 6.80. The molecule has 0 aliphatic rings. The topological polar surface area (TPSA) is 61.8 Å². The number of allylic oxidation sites excluding steroid dienone is 8. The van der Waals surface area contributed by atoms with Gasteiger partial charge in [0.25, 0.3) is 0 Å². The fraction of sp³-hybridized carbons (Fsp3) is 0.804. The second-order valence-corrected chi connectivity index (χ2v) is 16.0. The second-order valence-electron chi connectivity index (χ2n) is 16.0. The molecule has 0 aromatic heterocycles. The summed E-state index contributed by atoms with van der Waals surface area (Å²) in [6.45, 7) is 7.68. The lowest BCUT2D eigenvalue weighted by atomic mass is 10.0. The Morgan fingerprint density at radius 3 is 1.29 bits per heavy atom. The van der Waals surface area contributed by atoms with E-state index in [1.54, 1.807) is 0 Å². The van der Waals surface area contributed by atoms with Gasteiger partial charge in [0.05, 0.1) is 6.61 Å². The number of ether oxygens (including phenoxy) is 3. The molecule has 326 valence electrons. The summed E-state index contributed by atoms with van der Waals surface area (Å²) in [5.41, 5.74) is 0. The largest absolute Gasteiger partial charge is 0.462 e. The summed E-state index contributed by atoms with van der Waals surface area (Å²) >= 11 is 0. The Labute approximate surface area is 348 Å². The first kappa shape index (κ1) is 53.9. The highest BCUT2D eigenvalue weighted by atomic mass is 16.6. The van der Waals surface area contributed by atoms with E-state index in [0.717, 1.165) is 70.6 Å². The van der Waals surface area contributed by atoms with E-state index in [1.807, 2.05) is 0 Å². The van der Waals surface area contributed by atoms with E-state index in [0.29, 0.717) is 19.4 Å².